The maximum Gasteiger partial charge on any atom is 0.416 e. The van der Waals surface area contributed by atoms with Crippen molar-refractivity contribution in [3.63, 3.8) is 0 Å². The van der Waals surface area contributed by atoms with Crippen LogP contribution in [0.15, 0.2) is 66.9 Å². The van der Waals surface area contributed by atoms with Crippen LogP contribution in [0, 0.1) is 0 Å². The Morgan fingerprint density at radius 2 is 1.82 bits per heavy atom. The predicted molar refractivity (Wildman–Crippen MR) is 120 cm³/mol. The van der Waals surface area contributed by atoms with Gasteiger partial charge < -0.3 is 10.1 Å². The fraction of sp³-hybridized carbons (Fsp3) is 0.280. The van der Waals surface area contributed by atoms with E-state index < -0.39 is 11.7 Å². The Morgan fingerprint density at radius 3 is 2.55 bits per heavy atom. The molecule has 0 radical (unpaired) electrons. The molecule has 4 rings (SSSR count). The number of pyridine rings is 1. The van der Waals surface area contributed by atoms with Gasteiger partial charge in [-0.1, -0.05) is 36.4 Å². The van der Waals surface area contributed by atoms with Gasteiger partial charge in [0.1, 0.15) is 0 Å². The van der Waals surface area contributed by atoms with Crippen LogP contribution in [0.4, 0.5) is 13.2 Å². The average Bonchev–Trinajstić information content (AvgIpc) is 2.83. The highest BCUT2D eigenvalue weighted by molar-refractivity contribution is 5.95. The molecule has 0 saturated carbocycles. The van der Waals surface area contributed by atoms with Gasteiger partial charge in [-0.2, -0.15) is 13.2 Å². The molecule has 0 spiro atoms. The summed E-state index contributed by atoms with van der Waals surface area (Å²) in [6.45, 7) is 2.62. The first-order valence-corrected chi connectivity index (χ1v) is 10.7. The number of rotatable bonds is 6. The number of amides is 1. The molecule has 1 unspecified atom stereocenters. The number of alkyl halides is 3. The highest BCUT2D eigenvalue weighted by Gasteiger charge is 2.31. The number of halogens is 3. The second-order valence-corrected chi connectivity index (χ2v) is 7.78. The topological polar surface area (TPSA) is 54.5 Å². The summed E-state index contributed by atoms with van der Waals surface area (Å²) in [5.41, 5.74) is 1.66. The number of ether oxygens (including phenoxy) is 1. The summed E-state index contributed by atoms with van der Waals surface area (Å²) in [5.74, 6) is -0.284. The Morgan fingerprint density at radius 1 is 1.09 bits per heavy atom. The molecule has 1 saturated heterocycles. The molecule has 0 aliphatic carbocycles. The normalized spacial score (nSPS) is 16.2. The van der Waals surface area contributed by atoms with E-state index in [1.165, 1.54) is 18.2 Å². The third-order valence-electron chi connectivity index (χ3n) is 5.66. The molecule has 1 N–H and O–H groups in total. The van der Waals surface area contributed by atoms with Gasteiger partial charge in [-0.15, -0.1) is 0 Å². The second-order valence-electron chi connectivity index (χ2n) is 7.78. The van der Waals surface area contributed by atoms with Gasteiger partial charge in [0.2, 0.25) is 5.91 Å². The fourth-order valence-corrected chi connectivity index (χ4v) is 3.93. The van der Waals surface area contributed by atoms with E-state index in [1.54, 1.807) is 12.3 Å². The van der Waals surface area contributed by atoms with E-state index in [9.17, 15) is 18.0 Å². The number of benzene rings is 2. The quantitative estimate of drug-likeness (QED) is 0.558. The number of nitrogens with one attached hydrogen (secondary N) is 1. The van der Waals surface area contributed by atoms with Gasteiger partial charge in [0.05, 0.1) is 30.3 Å². The molecule has 2 heterocycles. The van der Waals surface area contributed by atoms with Gasteiger partial charge >= 0.3 is 6.18 Å². The highest BCUT2D eigenvalue weighted by atomic mass is 19.4. The molecule has 1 aliphatic heterocycles. The number of morpholine rings is 1. The van der Waals surface area contributed by atoms with Crippen LogP contribution in [-0.2, 0) is 15.7 Å². The molecule has 1 atom stereocenters. The molecule has 33 heavy (non-hydrogen) atoms. The van der Waals surface area contributed by atoms with Gasteiger partial charge in [-0.05, 0) is 29.8 Å². The van der Waals surface area contributed by atoms with E-state index in [1.807, 2.05) is 30.3 Å². The number of nitrogens with zero attached hydrogens (tertiary/aromatic N) is 2. The zero-order chi connectivity index (χ0) is 23.3. The Hall–Kier alpha value is -3.23. The van der Waals surface area contributed by atoms with Crippen molar-refractivity contribution in [2.75, 3.05) is 32.8 Å². The molecule has 3 aromatic rings. The van der Waals surface area contributed by atoms with Crippen molar-refractivity contribution in [1.29, 1.82) is 0 Å². The monoisotopic (exact) mass is 455 g/mol. The summed E-state index contributed by atoms with van der Waals surface area (Å²) < 4.78 is 44.3. The molecule has 5 nitrogen and oxygen atoms in total. The Labute approximate surface area is 189 Å². The van der Waals surface area contributed by atoms with E-state index in [4.69, 9.17) is 4.74 Å². The number of para-hydroxylation sites is 1. The first-order chi connectivity index (χ1) is 15.9. The Bertz CT molecular complexity index is 1120. The van der Waals surface area contributed by atoms with Crippen LogP contribution in [-0.4, -0.2) is 48.6 Å². The summed E-state index contributed by atoms with van der Waals surface area (Å²) in [6.07, 6.45) is 0.484. The highest BCUT2D eigenvalue weighted by Crippen LogP contribution is 2.31. The summed E-state index contributed by atoms with van der Waals surface area (Å²) in [5, 5.41) is 3.87. The summed E-state index contributed by atoms with van der Waals surface area (Å²) >= 11 is 0. The van der Waals surface area contributed by atoms with Gasteiger partial charge in [-0.25, -0.2) is 0 Å². The minimum atomic E-state index is -4.39. The molecular formula is C25H24F3N3O2. The molecule has 2 aromatic carbocycles. The first-order valence-electron chi connectivity index (χ1n) is 10.7. The number of hydrogen-bond acceptors (Lipinski definition) is 4. The molecule has 1 aromatic heterocycles. The number of carbonyl (C=O) groups is 1. The lowest BCUT2D eigenvalue weighted by Crippen LogP contribution is -2.43. The maximum atomic E-state index is 13.0. The first kappa shape index (κ1) is 22.9. The second kappa shape index (κ2) is 10.1. The Kier molecular flexibility index (Phi) is 7.05. The van der Waals surface area contributed by atoms with Crippen molar-refractivity contribution in [3.05, 3.63) is 83.6 Å². The van der Waals surface area contributed by atoms with E-state index in [0.29, 0.717) is 31.9 Å². The largest absolute Gasteiger partial charge is 0.416 e. The van der Waals surface area contributed by atoms with Crippen LogP contribution < -0.4 is 5.32 Å². The van der Waals surface area contributed by atoms with Gasteiger partial charge in [0.25, 0.3) is 0 Å². The van der Waals surface area contributed by atoms with Crippen molar-refractivity contribution in [3.8, 4) is 0 Å². The van der Waals surface area contributed by atoms with Gasteiger partial charge in [0.15, 0.2) is 0 Å². The number of hydrogen-bond donors (Lipinski definition) is 1. The van der Waals surface area contributed by atoms with E-state index in [0.717, 1.165) is 28.6 Å². The summed E-state index contributed by atoms with van der Waals surface area (Å²) in [7, 11) is 0. The third-order valence-corrected chi connectivity index (χ3v) is 5.66. The lowest BCUT2D eigenvalue weighted by molar-refractivity contribution is -0.137. The predicted octanol–water partition coefficient (Wildman–Crippen LogP) is 4.46. The van der Waals surface area contributed by atoms with Gasteiger partial charge in [-0.3, -0.25) is 14.7 Å². The zero-order valence-corrected chi connectivity index (χ0v) is 17.9. The van der Waals surface area contributed by atoms with Crippen molar-refractivity contribution in [1.82, 2.24) is 15.2 Å². The maximum absolute atomic E-state index is 13.0. The molecule has 0 bridgehead atoms. The molecule has 1 amide bonds. The van der Waals surface area contributed by atoms with Crippen LogP contribution >= 0.6 is 0 Å². The minimum Gasteiger partial charge on any atom is -0.379 e. The smallest absolute Gasteiger partial charge is 0.379 e. The summed E-state index contributed by atoms with van der Waals surface area (Å²) in [4.78, 5) is 19.0. The summed E-state index contributed by atoms with van der Waals surface area (Å²) in [6, 6.07) is 14.4. The van der Waals surface area contributed by atoms with Crippen LogP contribution in [0.1, 0.15) is 22.7 Å². The molecule has 172 valence electrons. The third kappa shape index (κ3) is 5.77. The van der Waals surface area contributed by atoms with Crippen molar-refractivity contribution in [2.45, 2.75) is 12.2 Å². The number of aromatic nitrogens is 1. The SMILES string of the molecule is O=C(/C=C/c1cccc2cccnc12)NCC(c1ccc(C(F)(F)F)cc1)N1CCOCC1. The fourth-order valence-electron chi connectivity index (χ4n) is 3.93. The van der Waals surface area contributed by atoms with E-state index >= 15 is 0 Å². The standard InChI is InChI=1S/C25H24F3N3O2/c26-25(27,28)21-9-6-18(7-10-21)22(31-13-15-33-16-14-31)17-30-23(32)11-8-20-4-1-3-19-5-2-12-29-24(19)20/h1-12,22H,13-17H2,(H,30,32)/b11-8+. The van der Waals surface area contributed by atoms with E-state index in [2.05, 4.69) is 15.2 Å². The molecule has 1 aliphatic rings. The lowest BCUT2D eigenvalue weighted by Gasteiger charge is -2.35. The average molecular weight is 455 g/mol. The van der Waals surface area contributed by atoms with Crippen molar-refractivity contribution >= 4 is 22.9 Å². The minimum absolute atomic E-state index is 0.257. The van der Waals surface area contributed by atoms with Crippen LogP contribution in [0.3, 0.4) is 0 Å². The van der Waals surface area contributed by atoms with Crippen LogP contribution in [0.25, 0.3) is 17.0 Å². The molecule has 1 fully saturated rings. The van der Waals surface area contributed by atoms with Crippen molar-refractivity contribution in [2.24, 2.45) is 0 Å². The van der Waals surface area contributed by atoms with E-state index in [-0.39, 0.29) is 18.5 Å². The van der Waals surface area contributed by atoms with Crippen molar-refractivity contribution < 1.29 is 22.7 Å². The Balaban J connectivity index is 1.47. The number of fused-ring (bicyclic) bond motifs is 1. The van der Waals surface area contributed by atoms with Gasteiger partial charge in [0, 0.05) is 42.9 Å². The van der Waals surface area contributed by atoms with Crippen LogP contribution in [0.5, 0.6) is 0 Å². The number of carbonyl (C=O) groups excluding carboxylic acids is 1. The lowest BCUT2D eigenvalue weighted by atomic mass is 10.0. The van der Waals surface area contributed by atoms with Crippen LogP contribution in [0.2, 0.25) is 0 Å². The molecule has 8 heteroatoms. The molecular weight excluding hydrogens is 431 g/mol. The zero-order valence-electron chi connectivity index (χ0n) is 17.9.